The van der Waals surface area contributed by atoms with Gasteiger partial charge >= 0.3 is 0 Å². The van der Waals surface area contributed by atoms with Crippen molar-refractivity contribution in [1.82, 2.24) is 0 Å². The van der Waals surface area contributed by atoms with Gasteiger partial charge in [-0.05, 0) is 39.3 Å². The van der Waals surface area contributed by atoms with E-state index in [0.717, 1.165) is 29.9 Å². The van der Waals surface area contributed by atoms with Crippen LogP contribution in [-0.2, 0) is 0 Å². The Morgan fingerprint density at radius 3 is 2.82 bits per heavy atom. The van der Waals surface area contributed by atoms with Gasteiger partial charge in [0.25, 0.3) is 0 Å². The Labute approximate surface area is 105 Å². The van der Waals surface area contributed by atoms with E-state index >= 15 is 0 Å². The molecule has 0 aromatic heterocycles. The van der Waals surface area contributed by atoms with Gasteiger partial charge in [-0.15, -0.1) is 0 Å². The zero-order chi connectivity index (χ0) is 12.8. The molecule has 0 saturated carbocycles. The first kappa shape index (κ1) is 13.6. The molecule has 0 aliphatic carbocycles. The number of hydrogen-bond donors (Lipinski definition) is 0. The van der Waals surface area contributed by atoms with Crippen LogP contribution in [0.4, 0.5) is 0 Å². The van der Waals surface area contributed by atoms with Crippen molar-refractivity contribution in [3.63, 3.8) is 0 Å². The molecule has 0 radical (unpaired) electrons. The first-order valence-electron chi connectivity index (χ1n) is 6.18. The molecule has 0 spiro atoms. The normalized spacial score (nSPS) is 27.2. The number of hydrogen-bond acceptors (Lipinski definition) is 2. The molecule has 2 nitrogen and oxygen atoms in total. The van der Waals surface area contributed by atoms with Gasteiger partial charge in [-0.1, -0.05) is 37.6 Å². The van der Waals surface area contributed by atoms with E-state index in [0.29, 0.717) is 5.92 Å². The molecule has 0 aromatic rings. The van der Waals surface area contributed by atoms with Gasteiger partial charge in [-0.25, -0.2) is 9.98 Å². The van der Waals surface area contributed by atoms with Crippen LogP contribution in [-0.4, -0.2) is 12.6 Å². The summed E-state index contributed by atoms with van der Waals surface area (Å²) in [6.07, 6.45) is 8.57. The number of nitrogens with zero attached hydrogens (tertiary/aromatic N) is 2. The zero-order valence-corrected chi connectivity index (χ0v) is 11.3. The summed E-state index contributed by atoms with van der Waals surface area (Å²) >= 11 is 0. The van der Waals surface area contributed by atoms with Crippen LogP contribution < -0.4 is 0 Å². The van der Waals surface area contributed by atoms with Crippen molar-refractivity contribution >= 4 is 12.6 Å². The summed E-state index contributed by atoms with van der Waals surface area (Å²) in [6.45, 7) is 12.1. The molecule has 0 aromatic carbocycles. The maximum absolute atomic E-state index is 4.54. The molecule has 1 aliphatic heterocycles. The SMILES string of the molecule is C=NC1=NC(C)=CC(C)C/C(C)=C/C1=C/CC. The Morgan fingerprint density at radius 2 is 2.24 bits per heavy atom. The fraction of sp³-hybridized carbons (Fsp3) is 0.467. The molecule has 1 atom stereocenters. The number of rotatable bonds is 1. The van der Waals surface area contributed by atoms with Crippen LogP contribution in [0.5, 0.6) is 0 Å². The average Bonchev–Trinajstić information content (AvgIpc) is 2.28. The summed E-state index contributed by atoms with van der Waals surface area (Å²) in [7, 11) is 0. The van der Waals surface area contributed by atoms with E-state index in [2.05, 4.69) is 55.7 Å². The smallest absolute Gasteiger partial charge is 0.158 e. The maximum atomic E-state index is 4.54. The lowest BCUT2D eigenvalue weighted by molar-refractivity contribution is 0.710. The van der Waals surface area contributed by atoms with E-state index in [4.69, 9.17) is 0 Å². The van der Waals surface area contributed by atoms with Gasteiger partial charge in [0, 0.05) is 11.3 Å². The predicted octanol–water partition coefficient (Wildman–Crippen LogP) is 4.31. The summed E-state index contributed by atoms with van der Waals surface area (Å²) in [6, 6.07) is 0. The van der Waals surface area contributed by atoms with E-state index in [1.165, 1.54) is 5.57 Å². The topological polar surface area (TPSA) is 24.7 Å². The van der Waals surface area contributed by atoms with E-state index in [1.807, 2.05) is 6.92 Å². The Bertz CT molecular complexity index is 409. The van der Waals surface area contributed by atoms with Crippen LogP contribution in [0.3, 0.4) is 0 Å². The second-order valence-corrected chi connectivity index (χ2v) is 4.64. The first-order chi connectivity index (χ1) is 8.06. The summed E-state index contributed by atoms with van der Waals surface area (Å²) in [5.41, 5.74) is 3.46. The van der Waals surface area contributed by atoms with Crippen molar-refractivity contribution < 1.29 is 0 Å². The maximum Gasteiger partial charge on any atom is 0.158 e. The fourth-order valence-corrected chi connectivity index (χ4v) is 2.13. The molecule has 0 bridgehead atoms. The third kappa shape index (κ3) is 4.14. The lowest BCUT2D eigenvalue weighted by Gasteiger charge is -2.06. The molecule has 2 heteroatoms. The highest BCUT2D eigenvalue weighted by Gasteiger charge is 2.08. The van der Waals surface area contributed by atoms with E-state index < -0.39 is 0 Å². The third-order valence-electron chi connectivity index (χ3n) is 2.69. The first-order valence-corrected chi connectivity index (χ1v) is 6.18. The molecular formula is C15H22N2. The monoisotopic (exact) mass is 230 g/mol. The molecule has 92 valence electrons. The minimum Gasteiger partial charge on any atom is -0.245 e. The van der Waals surface area contributed by atoms with Crippen molar-refractivity contribution in [2.75, 3.05) is 0 Å². The van der Waals surface area contributed by atoms with Crippen molar-refractivity contribution in [1.29, 1.82) is 0 Å². The predicted molar refractivity (Wildman–Crippen MR) is 76.7 cm³/mol. The Balaban J connectivity index is 3.27. The van der Waals surface area contributed by atoms with Gasteiger partial charge in [-0.2, -0.15) is 0 Å². The Kier molecular flexibility index (Phi) is 5.08. The number of aliphatic imine (C=N–C) groups is 2. The minimum atomic E-state index is 0.516. The lowest BCUT2D eigenvalue weighted by atomic mass is 9.99. The Morgan fingerprint density at radius 1 is 1.53 bits per heavy atom. The van der Waals surface area contributed by atoms with Crippen molar-refractivity contribution in [3.05, 3.63) is 35.1 Å². The van der Waals surface area contributed by atoms with Crippen LogP contribution in [0.15, 0.2) is 45.1 Å². The molecule has 17 heavy (non-hydrogen) atoms. The summed E-state index contributed by atoms with van der Waals surface area (Å²) < 4.78 is 0. The molecular weight excluding hydrogens is 208 g/mol. The second-order valence-electron chi connectivity index (χ2n) is 4.64. The molecule has 0 N–H and O–H groups in total. The molecule has 1 aliphatic rings. The van der Waals surface area contributed by atoms with Gasteiger partial charge < -0.3 is 0 Å². The van der Waals surface area contributed by atoms with Gasteiger partial charge in [0.15, 0.2) is 5.84 Å². The standard InChI is InChI=1S/C15H22N2/c1-6-7-14-10-12(3)8-11(2)9-13(4)17-15(14)16-5/h7,9-11H,5-6,8H2,1-4H3/b12-10+,13-9?,14-7-,17-15?. The molecule has 0 fully saturated rings. The van der Waals surface area contributed by atoms with Gasteiger partial charge in [-0.3, -0.25) is 0 Å². The lowest BCUT2D eigenvalue weighted by Crippen LogP contribution is -1.98. The van der Waals surface area contributed by atoms with E-state index in [-0.39, 0.29) is 0 Å². The van der Waals surface area contributed by atoms with Crippen LogP contribution >= 0.6 is 0 Å². The number of amidine groups is 1. The van der Waals surface area contributed by atoms with Crippen LogP contribution in [0.1, 0.15) is 40.5 Å². The molecule has 1 unspecified atom stereocenters. The summed E-state index contributed by atoms with van der Waals surface area (Å²) in [4.78, 5) is 8.58. The van der Waals surface area contributed by atoms with E-state index in [9.17, 15) is 0 Å². The third-order valence-corrected chi connectivity index (χ3v) is 2.69. The van der Waals surface area contributed by atoms with Crippen LogP contribution in [0.25, 0.3) is 0 Å². The summed E-state index contributed by atoms with van der Waals surface area (Å²) in [5, 5.41) is 0. The summed E-state index contributed by atoms with van der Waals surface area (Å²) in [5.74, 6) is 1.25. The molecule has 0 saturated heterocycles. The number of allylic oxidation sites excluding steroid dienone is 4. The van der Waals surface area contributed by atoms with Crippen molar-refractivity contribution in [2.45, 2.75) is 40.5 Å². The van der Waals surface area contributed by atoms with Gasteiger partial charge in [0.2, 0.25) is 0 Å². The molecule has 1 heterocycles. The van der Waals surface area contributed by atoms with E-state index in [1.54, 1.807) is 0 Å². The fourth-order valence-electron chi connectivity index (χ4n) is 2.13. The highest BCUT2D eigenvalue weighted by molar-refractivity contribution is 6.03. The van der Waals surface area contributed by atoms with Gasteiger partial charge in [0.05, 0.1) is 0 Å². The van der Waals surface area contributed by atoms with Crippen molar-refractivity contribution in [3.8, 4) is 0 Å². The highest BCUT2D eigenvalue weighted by Crippen LogP contribution is 2.20. The Hall–Kier alpha value is -1.44. The molecule has 1 rings (SSSR count). The average molecular weight is 230 g/mol. The van der Waals surface area contributed by atoms with Crippen LogP contribution in [0, 0.1) is 5.92 Å². The zero-order valence-electron chi connectivity index (χ0n) is 11.3. The highest BCUT2D eigenvalue weighted by atomic mass is 14.9. The van der Waals surface area contributed by atoms with Crippen molar-refractivity contribution in [2.24, 2.45) is 15.9 Å². The van der Waals surface area contributed by atoms with Gasteiger partial charge in [0.1, 0.15) is 0 Å². The molecule has 0 amide bonds. The van der Waals surface area contributed by atoms with Crippen LogP contribution in [0.2, 0.25) is 0 Å². The largest absolute Gasteiger partial charge is 0.245 e. The second kappa shape index (κ2) is 6.33. The minimum absolute atomic E-state index is 0.516. The quantitative estimate of drug-likeness (QED) is 0.600.